The number of hydrogen-bond donors (Lipinski definition) is 1. The number of piperidine rings is 1. The summed E-state index contributed by atoms with van der Waals surface area (Å²) in [6.07, 6.45) is 4.63. The quantitative estimate of drug-likeness (QED) is 0.763. The molecule has 2 heterocycles. The van der Waals surface area contributed by atoms with E-state index < -0.39 is 0 Å². The van der Waals surface area contributed by atoms with Crippen LogP contribution in [0.25, 0.3) is 0 Å². The van der Waals surface area contributed by atoms with E-state index in [1.54, 1.807) is 0 Å². The highest BCUT2D eigenvalue weighted by molar-refractivity contribution is 5.79. The molecular formula is C23H37N3O. The Balaban J connectivity index is 1.51. The molecule has 0 bridgehead atoms. The Morgan fingerprint density at radius 2 is 1.85 bits per heavy atom. The Hall–Kier alpha value is -1.39. The van der Waals surface area contributed by atoms with Crippen molar-refractivity contribution in [3.05, 3.63) is 35.9 Å². The fraction of sp³-hybridized carbons (Fsp3) is 0.696. The van der Waals surface area contributed by atoms with Gasteiger partial charge in [0.25, 0.3) is 0 Å². The number of likely N-dealkylation sites (tertiary alicyclic amines) is 2. The summed E-state index contributed by atoms with van der Waals surface area (Å²) in [4.78, 5) is 18.0. The second-order valence-electron chi connectivity index (χ2n) is 8.95. The second-order valence-corrected chi connectivity index (χ2v) is 8.95. The molecular weight excluding hydrogens is 334 g/mol. The normalized spacial score (nSPS) is 24.4. The van der Waals surface area contributed by atoms with Gasteiger partial charge in [-0.2, -0.15) is 0 Å². The molecule has 1 aromatic carbocycles. The standard InChI is InChI=1S/C23H37N3O/c1-19(2)15-26-17-21(16-25-12-6-7-13-25)14-22(18-26)23(27)24-11-10-20-8-4-3-5-9-20/h3-5,8-9,19,21-22H,6-7,10-18H2,1-2H3,(H,24,27)/t21-,22-/m1/s1. The predicted molar refractivity (Wildman–Crippen MR) is 112 cm³/mol. The maximum absolute atomic E-state index is 12.9. The van der Waals surface area contributed by atoms with Gasteiger partial charge in [0, 0.05) is 32.7 Å². The Labute approximate surface area is 165 Å². The minimum Gasteiger partial charge on any atom is -0.355 e. The molecule has 1 aromatic rings. The molecule has 3 rings (SSSR count). The zero-order chi connectivity index (χ0) is 19.1. The molecule has 0 aliphatic carbocycles. The third-order valence-electron chi connectivity index (χ3n) is 5.88. The van der Waals surface area contributed by atoms with Crippen LogP contribution in [0.5, 0.6) is 0 Å². The summed E-state index contributed by atoms with van der Waals surface area (Å²) in [5.74, 6) is 1.67. The smallest absolute Gasteiger partial charge is 0.224 e. The topological polar surface area (TPSA) is 35.6 Å². The van der Waals surface area contributed by atoms with Gasteiger partial charge in [-0.3, -0.25) is 4.79 Å². The summed E-state index contributed by atoms with van der Waals surface area (Å²) >= 11 is 0. The van der Waals surface area contributed by atoms with E-state index in [0.717, 1.165) is 39.0 Å². The molecule has 1 N–H and O–H groups in total. The first-order valence-electron chi connectivity index (χ1n) is 10.9. The lowest BCUT2D eigenvalue weighted by molar-refractivity contribution is -0.127. The summed E-state index contributed by atoms with van der Waals surface area (Å²) in [5.41, 5.74) is 1.29. The van der Waals surface area contributed by atoms with Gasteiger partial charge in [0.05, 0.1) is 5.92 Å². The molecule has 4 heteroatoms. The Morgan fingerprint density at radius 1 is 1.11 bits per heavy atom. The summed E-state index contributed by atoms with van der Waals surface area (Å²) in [6, 6.07) is 10.4. The molecule has 0 aromatic heterocycles. The van der Waals surface area contributed by atoms with Gasteiger partial charge in [0.15, 0.2) is 0 Å². The lowest BCUT2D eigenvalue weighted by Crippen LogP contribution is -2.49. The molecule has 150 valence electrons. The molecule has 2 aliphatic rings. The van der Waals surface area contributed by atoms with Crippen molar-refractivity contribution in [2.45, 2.75) is 39.5 Å². The minimum absolute atomic E-state index is 0.140. The Kier molecular flexibility index (Phi) is 7.71. The average Bonchev–Trinajstić information content (AvgIpc) is 3.14. The number of rotatable bonds is 8. The molecule has 4 nitrogen and oxygen atoms in total. The summed E-state index contributed by atoms with van der Waals surface area (Å²) in [7, 11) is 0. The van der Waals surface area contributed by atoms with E-state index in [4.69, 9.17) is 0 Å². The maximum Gasteiger partial charge on any atom is 0.224 e. The van der Waals surface area contributed by atoms with Crippen molar-refractivity contribution in [3.63, 3.8) is 0 Å². The van der Waals surface area contributed by atoms with Crippen molar-refractivity contribution in [1.29, 1.82) is 0 Å². The molecule has 2 fully saturated rings. The average molecular weight is 372 g/mol. The molecule has 0 unspecified atom stereocenters. The molecule has 2 atom stereocenters. The molecule has 2 aliphatic heterocycles. The van der Waals surface area contributed by atoms with Crippen molar-refractivity contribution in [2.75, 3.05) is 45.8 Å². The van der Waals surface area contributed by atoms with Crippen molar-refractivity contribution in [1.82, 2.24) is 15.1 Å². The lowest BCUT2D eigenvalue weighted by atomic mass is 9.87. The number of nitrogens with zero attached hydrogens (tertiary/aromatic N) is 2. The maximum atomic E-state index is 12.9. The number of amides is 1. The number of nitrogens with one attached hydrogen (secondary N) is 1. The first-order chi connectivity index (χ1) is 13.1. The SMILES string of the molecule is CC(C)CN1C[C@@H](CN2CCCC2)C[C@@H](C(=O)NCCc2ccccc2)C1. The van der Waals surface area contributed by atoms with Gasteiger partial charge in [0.2, 0.25) is 5.91 Å². The summed E-state index contributed by atoms with van der Waals surface area (Å²) in [5, 5.41) is 3.21. The first-order valence-corrected chi connectivity index (χ1v) is 10.9. The molecule has 2 saturated heterocycles. The zero-order valence-electron chi connectivity index (χ0n) is 17.2. The van der Waals surface area contributed by atoms with E-state index in [2.05, 4.69) is 53.2 Å². The zero-order valence-corrected chi connectivity index (χ0v) is 17.2. The van der Waals surface area contributed by atoms with E-state index >= 15 is 0 Å². The van der Waals surface area contributed by atoms with Gasteiger partial charge in [-0.05, 0) is 56.2 Å². The van der Waals surface area contributed by atoms with E-state index in [1.165, 1.54) is 38.0 Å². The molecule has 0 radical (unpaired) electrons. The van der Waals surface area contributed by atoms with Crippen LogP contribution in [0.3, 0.4) is 0 Å². The van der Waals surface area contributed by atoms with Gasteiger partial charge >= 0.3 is 0 Å². The third kappa shape index (κ3) is 6.62. The molecule has 1 amide bonds. The summed E-state index contributed by atoms with van der Waals surface area (Å²) in [6.45, 7) is 12.1. The lowest BCUT2D eigenvalue weighted by Gasteiger charge is -2.39. The number of carbonyl (C=O) groups excluding carboxylic acids is 1. The van der Waals surface area contributed by atoms with Gasteiger partial charge in [-0.1, -0.05) is 44.2 Å². The van der Waals surface area contributed by atoms with E-state index in [9.17, 15) is 4.79 Å². The van der Waals surface area contributed by atoms with Crippen molar-refractivity contribution >= 4 is 5.91 Å². The Morgan fingerprint density at radius 3 is 2.56 bits per heavy atom. The van der Waals surface area contributed by atoms with Crippen LogP contribution >= 0.6 is 0 Å². The van der Waals surface area contributed by atoms with E-state index in [1.807, 2.05) is 6.07 Å². The predicted octanol–water partition coefficient (Wildman–Crippen LogP) is 3.04. The number of carbonyl (C=O) groups is 1. The van der Waals surface area contributed by atoms with Crippen LogP contribution in [0.15, 0.2) is 30.3 Å². The van der Waals surface area contributed by atoms with Crippen LogP contribution in [0, 0.1) is 17.8 Å². The van der Waals surface area contributed by atoms with Gasteiger partial charge in [0.1, 0.15) is 0 Å². The van der Waals surface area contributed by atoms with Crippen LogP contribution in [-0.2, 0) is 11.2 Å². The van der Waals surface area contributed by atoms with Crippen molar-refractivity contribution in [2.24, 2.45) is 17.8 Å². The summed E-state index contributed by atoms with van der Waals surface area (Å²) < 4.78 is 0. The fourth-order valence-electron chi connectivity index (χ4n) is 4.74. The van der Waals surface area contributed by atoms with Crippen molar-refractivity contribution < 1.29 is 4.79 Å². The van der Waals surface area contributed by atoms with Crippen LogP contribution < -0.4 is 5.32 Å². The largest absolute Gasteiger partial charge is 0.355 e. The highest BCUT2D eigenvalue weighted by Crippen LogP contribution is 2.25. The monoisotopic (exact) mass is 371 g/mol. The van der Waals surface area contributed by atoms with Crippen LogP contribution in [-0.4, -0.2) is 61.5 Å². The first kappa shape index (κ1) is 20.3. The highest BCUT2D eigenvalue weighted by atomic mass is 16.1. The molecule has 0 saturated carbocycles. The van der Waals surface area contributed by atoms with Crippen LogP contribution in [0.1, 0.15) is 38.7 Å². The highest BCUT2D eigenvalue weighted by Gasteiger charge is 2.32. The minimum atomic E-state index is 0.140. The second kappa shape index (κ2) is 10.2. The third-order valence-corrected chi connectivity index (χ3v) is 5.88. The van der Waals surface area contributed by atoms with Gasteiger partial charge in [-0.25, -0.2) is 0 Å². The Bertz CT molecular complexity index is 568. The van der Waals surface area contributed by atoms with Crippen LogP contribution in [0.4, 0.5) is 0 Å². The van der Waals surface area contributed by atoms with E-state index in [-0.39, 0.29) is 11.8 Å². The number of benzene rings is 1. The van der Waals surface area contributed by atoms with Crippen LogP contribution in [0.2, 0.25) is 0 Å². The van der Waals surface area contributed by atoms with Gasteiger partial charge in [-0.15, -0.1) is 0 Å². The van der Waals surface area contributed by atoms with E-state index in [0.29, 0.717) is 11.8 Å². The number of hydrogen-bond acceptors (Lipinski definition) is 3. The van der Waals surface area contributed by atoms with Crippen molar-refractivity contribution in [3.8, 4) is 0 Å². The molecule has 27 heavy (non-hydrogen) atoms. The van der Waals surface area contributed by atoms with Gasteiger partial charge < -0.3 is 15.1 Å². The molecule has 0 spiro atoms. The fourth-order valence-corrected chi connectivity index (χ4v) is 4.74.